The molecule has 4 nitrogen and oxygen atoms in total. The number of carboxylic acids is 2. The van der Waals surface area contributed by atoms with Gasteiger partial charge in [-0.25, -0.2) is 0 Å². The summed E-state index contributed by atoms with van der Waals surface area (Å²) in [6.45, 7) is 8.83. The van der Waals surface area contributed by atoms with Gasteiger partial charge in [0.05, 0.1) is 0 Å². The molecule has 0 amide bonds. The van der Waals surface area contributed by atoms with E-state index < -0.39 is 17.4 Å². The molecule has 0 radical (unpaired) electrons. The minimum Gasteiger partial charge on any atom is -0.480 e. The number of allylic oxidation sites excluding steroid dienone is 1. The van der Waals surface area contributed by atoms with Crippen molar-refractivity contribution in [1.29, 1.82) is 0 Å². The van der Waals surface area contributed by atoms with E-state index in [-0.39, 0.29) is 0 Å². The highest BCUT2D eigenvalue weighted by molar-refractivity contribution is 6.00. The highest BCUT2D eigenvalue weighted by atomic mass is 16.4. The molecule has 0 rings (SSSR count). The molecule has 16 heavy (non-hydrogen) atoms. The van der Waals surface area contributed by atoms with Gasteiger partial charge in [0.15, 0.2) is 5.41 Å². The first-order chi connectivity index (χ1) is 7.22. The monoisotopic (exact) mass is 230 g/mol. The average Bonchev–Trinajstić information content (AvgIpc) is 2.16. The summed E-state index contributed by atoms with van der Waals surface area (Å²) in [7, 11) is 0. The van der Waals surface area contributed by atoms with E-state index in [1.807, 2.05) is 0 Å². The summed E-state index contributed by atoms with van der Waals surface area (Å²) in [5, 5.41) is 17.3. The number of aliphatic carboxylic acids is 2. The fourth-order valence-electron chi connectivity index (χ4n) is 0.792. The first kappa shape index (κ1) is 17.1. The molecule has 0 saturated carbocycles. The molecular weight excluding hydrogens is 208 g/mol. The molecule has 0 fully saturated rings. The van der Waals surface area contributed by atoms with Crippen molar-refractivity contribution in [3.63, 3.8) is 0 Å². The molecule has 0 spiro atoms. The molecule has 0 heterocycles. The van der Waals surface area contributed by atoms with E-state index in [1.54, 1.807) is 13.8 Å². The maximum atomic E-state index is 10.6. The van der Waals surface area contributed by atoms with Gasteiger partial charge in [0.2, 0.25) is 0 Å². The first-order valence-electron chi connectivity index (χ1n) is 5.35. The summed E-state index contributed by atoms with van der Waals surface area (Å²) in [5.41, 5.74) is -1.14. The Kier molecular flexibility index (Phi) is 8.44. The molecule has 0 unspecified atom stereocenters. The fourth-order valence-corrected chi connectivity index (χ4v) is 0.792. The summed E-state index contributed by atoms with van der Waals surface area (Å²) < 4.78 is 0. The van der Waals surface area contributed by atoms with E-state index in [1.165, 1.54) is 18.9 Å². The second-order valence-corrected chi connectivity index (χ2v) is 4.03. The van der Waals surface area contributed by atoms with Crippen LogP contribution in [-0.4, -0.2) is 22.2 Å². The molecule has 0 atom stereocenters. The Labute approximate surface area is 97.0 Å². The second kappa shape index (κ2) is 7.91. The summed E-state index contributed by atoms with van der Waals surface area (Å²) in [6.07, 6.45) is 3.86. The molecule has 0 saturated heterocycles. The minimum absolute atomic E-state index is 0.669. The Balaban J connectivity index is 0. The Morgan fingerprint density at radius 1 is 1.06 bits per heavy atom. The quantitative estimate of drug-likeness (QED) is 0.575. The molecule has 0 aromatic heterocycles. The lowest BCUT2D eigenvalue weighted by Gasteiger charge is -2.15. The van der Waals surface area contributed by atoms with Gasteiger partial charge in [-0.2, -0.15) is 0 Å². The van der Waals surface area contributed by atoms with Crippen molar-refractivity contribution in [3.05, 3.63) is 11.6 Å². The van der Waals surface area contributed by atoms with Crippen LogP contribution in [0.4, 0.5) is 0 Å². The predicted octanol–water partition coefficient (Wildman–Crippen LogP) is 2.93. The van der Waals surface area contributed by atoms with Crippen molar-refractivity contribution < 1.29 is 19.8 Å². The maximum absolute atomic E-state index is 10.6. The van der Waals surface area contributed by atoms with Gasteiger partial charge >= 0.3 is 11.9 Å². The van der Waals surface area contributed by atoms with Crippen LogP contribution in [0, 0.1) is 5.41 Å². The number of carbonyl (C=O) groups is 2. The lowest BCUT2D eigenvalue weighted by Crippen LogP contribution is -2.34. The predicted molar refractivity (Wildman–Crippen MR) is 63.4 cm³/mol. The second-order valence-electron chi connectivity index (χ2n) is 4.03. The Hall–Kier alpha value is -1.32. The van der Waals surface area contributed by atoms with Crippen molar-refractivity contribution in [2.24, 2.45) is 5.41 Å². The normalized spacial score (nSPS) is 9.81. The van der Waals surface area contributed by atoms with Crippen LogP contribution in [0.2, 0.25) is 0 Å². The van der Waals surface area contributed by atoms with Gasteiger partial charge in [-0.05, 0) is 20.8 Å². The van der Waals surface area contributed by atoms with Crippen LogP contribution in [0.25, 0.3) is 0 Å². The van der Waals surface area contributed by atoms with Gasteiger partial charge < -0.3 is 10.2 Å². The lowest BCUT2D eigenvalue weighted by molar-refractivity contribution is -0.159. The SMILES string of the molecule is CC(C)=CC(C)(C(=O)O)C(=O)O.CCCC. The van der Waals surface area contributed by atoms with Crippen LogP contribution < -0.4 is 0 Å². The van der Waals surface area contributed by atoms with Crippen LogP contribution in [0.15, 0.2) is 11.6 Å². The zero-order chi connectivity index (χ0) is 13.4. The van der Waals surface area contributed by atoms with Crippen molar-refractivity contribution >= 4 is 11.9 Å². The van der Waals surface area contributed by atoms with E-state index in [9.17, 15) is 9.59 Å². The van der Waals surface area contributed by atoms with E-state index in [2.05, 4.69) is 13.8 Å². The number of hydrogen-bond donors (Lipinski definition) is 2. The molecule has 0 aliphatic heterocycles. The third-order valence-corrected chi connectivity index (χ3v) is 1.97. The molecular formula is C12H22O4. The Bertz CT molecular complexity index is 246. The van der Waals surface area contributed by atoms with Crippen molar-refractivity contribution in [3.8, 4) is 0 Å². The molecule has 0 aromatic rings. The highest BCUT2D eigenvalue weighted by Gasteiger charge is 2.39. The van der Waals surface area contributed by atoms with E-state index in [0.29, 0.717) is 5.57 Å². The van der Waals surface area contributed by atoms with Crippen molar-refractivity contribution in [2.75, 3.05) is 0 Å². The molecule has 94 valence electrons. The summed E-state index contributed by atoms with van der Waals surface area (Å²) in [4.78, 5) is 21.1. The van der Waals surface area contributed by atoms with Crippen LogP contribution in [0.1, 0.15) is 47.5 Å². The topological polar surface area (TPSA) is 74.6 Å². The van der Waals surface area contributed by atoms with Gasteiger partial charge in [-0.3, -0.25) is 9.59 Å². The average molecular weight is 230 g/mol. The largest absolute Gasteiger partial charge is 0.480 e. The number of hydrogen-bond acceptors (Lipinski definition) is 2. The summed E-state index contributed by atoms with van der Waals surface area (Å²) >= 11 is 0. The van der Waals surface area contributed by atoms with Gasteiger partial charge in [0.25, 0.3) is 0 Å². The van der Waals surface area contributed by atoms with Gasteiger partial charge in [0, 0.05) is 0 Å². The zero-order valence-electron chi connectivity index (χ0n) is 10.7. The lowest BCUT2D eigenvalue weighted by atomic mass is 9.89. The van der Waals surface area contributed by atoms with E-state index in [4.69, 9.17) is 10.2 Å². The summed E-state index contributed by atoms with van der Waals surface area (Å²) in [6, 6.07) is 0. The van der Waals surface area contributed by atoms with Crippen LogP contribution in [-0.2, 0) is 9.59 Å². The van der Waals surface area contributed by atoms with Gasteiger partial charge in [-0.1, -0.05) is 38.3 Å². The Morgan fingerprint density at radius 3 is 1.44 bits per heavy atom. The van der Waals surface area contributed by atoms with Crippen LogP contribution in [0.5, 0.6) is 0 Å². The van der Waals surface area contributed by atoms with Crippen molar-refractivity contribution in [1.82, 2.24) is 0 Å². The number of rotatable bonds is 4. The molecule has 2 N–H and O–H groups in total. The number of unbranched alkanes of at least 4 members (excludes halogenated alkanes) is 1. The van der Waals surface area contributed by atoms with Gasteiger partial charge in [0.1, 0.15) is 0 Å². The molecule has 0 aromatic carbocycles. The van der Waals surface area contributed by atoms with Crippen LogP contribution in [0.3, 0.4) is 0 Å². The van der Waals surface area contributed by atoms with Crippen molar-refractivity contribution in [2.45, 2.75) is 47.5 Å². The third kappa shape index (κ3) is 6.22. The van der Waals surface area contributed by atoms with E-state index >= 15 is 0 Å². The Morgan fingerprint density at radius 2 is 1.38 bits per heavy atom. The summed E-state index contributed by atoms with van der Waals surface area (Å²) in [5.74, 6) is -2.70. The maximum Gasteiger partial charge on any atom is 0.324 e. The molecule has 0 aliphatic rings. The molecule has 0 aliphatic carbocycles. The van der Waals surface area contributed by atoms with E-state index in [0.717, 1.165) is 6.92 Å². The zero-order valence-corrected chi connectivity index (χ0v) is 10.7. The smallest absolute Gasteiger partial charge is 0.324 e. The molecule has 4 heteroatoms. The van der Waals surface area contributed by atoms with Crippen LogP contribution >= 0.6 is 0 Å². The fraction of sp³-hybridized carbons (Fsp3) is 0.667. The first-order valence-corrected chi connectivity index (χ1v) is 5.35. The minimum atomic E-state index is -1.81. The molecule has 0 bridgehead atoms. The third-order valence-electron chi connectivity index (χ3n) is 1.97. The standard InChI is InChI=1S/C8H12O4.C4H10/c1-5(2)4-8(3,6(9)10)7(11)12;1-3-4-2/h4H,1-3H3,(H,9,10)(H,11,12);3-4H2,1-2H3. The van der Waals surface area contributed by atoms with Gasteiger partial charge in [-0.15, -0.1) is 0 Å². The number of carboxylic acid groups (broad SMARTS) is 2. The highest BCUT2D eigenvalue weighted by Crippen LogP contribution is 2.20.